The Kier molecular flexibility index (Phi) is 9.01. The molecule has 1 heterocycles. The van der Waals surface area contributed by atoms with E-state index in [1.165, 1.54) is 5.56 Å². The lowest BCUT2D eigenvalue weighted by Crippen LogP contribution is -2.83. The topological polar surface area (TPSA) is 83.1 Å². The number of nitrogens with two attached hydrogens (primary N) is 1. The molecule has 8 nitrogen and oxygen atoms in total. The maximum absolute atomic E-state index is 12.3. The third-order valence-electron chi connectivity index (χ3n) is 5.41. The van der Waals surface area contributed by atoms with Crippen LogP contribution in [0.25, 0.3) is 0 Å². The Hall–Kier alpha value is -2.97. The first kappa shape index (κ1) is 23.7. The van der Waals surface area contributed by atoms with Gasteiger partial charge in [0.05, 0.1) is 41.1 Å². The van der Waals surface area contributed by atoms with Crippen molar-refractivity contribution in [2.45, 2.75) is 13.0 Å². The lowest BCUT2D eigenvalue weighted by atomic mass is 10.1. The van der Waals surface area contributed by atoms with Crippen molar-refractivity contribution >= 4 is 5.91 Å². The maximum Gasteiger partial charge on any atom is 0.260 e. The lowest BCUT2D eigenvalue weighted by molar-refractivity contribution is -0.670. The smallest absolute Gasteiger partial charge is 0.260 e. The molecule has 174 valence electrons. The molecule has 32 heavy (non-hydrogen) atoms. The van der Waals surface area contributed by atoms with E-state index in [0.29, 0.717) is 37.8 Å². The number of hydrogen-bond donors (Lipinski definition) is 1. The Bertz CT molecular complexity index is 883. The van der Waals surface area contributed by atoms with E-state index in [1.54, 1.807) is 26.2 Å². The van der Waals surface area contributed by atoms with Gasteiger partial charge < -0.3 is 33.9 Å². The molecule has 0 aromatic heterocycles. The minimum Gasteiger partial charge on any atom is -0.493 e. The van der Waals surface area contributed by atoms with Gasteiger partial charge in [-0.05, 0) is 35.9 Å². The second-order valence-electron chi connectivity index (χ2n) is 7.49. The second-order valence-corrected chi connectivity index (χ2v) is 7.49. The molecule has 0 aliphatic carbocycles. The summed E-state index contributed by atoms with van der Waals surface area (Å²) in [6.45, 7) is 4.11. The van der Waals surface area contributed by atoms with E-state index >= 15 is 0 Å². The SMILES string of the molecule is COc1ccc(CC[NH2+]Cc2ccc(OCC(=O)N3CCOCC3)c(OC)c2)cc1OC. The summed E-state index contributed by atoms with van der Waals surface area (Å²) in [5.41, 5.74) is 2.33. The number of amides is 1. The van der Waals surface area contributed by atoms with Crippen LogP contribution >= 0.6 is 0 Å². The molecule has 0 saturated carbocycles. The number of carbonyl (C=O) groups excluding carboxylic acids is 1. The lowest BCUT2D eigenvalue weighted by Gasteiger charge is -2.26. The Labute approximate surface area is 189 Å². The van der Waals surface area contributed by atoms with Crippen LogP contribution in [-0.2, 0) is 22.5 Å². The number of morpholine rings is 1. The van der Waals surface area contributed by atoms with Crippen LogP contribution in [0.1, 0.15) is 11.1 Å². The van der Waals surface area contributed by atoms with Crippen molar-refractivity contribution in [3.63, 3.8) is 0 Å². The molecule has 1 aliphatic rings. The van der Waals surface area contributed by atoms with Gasteiger partial charge in [-0.1, -0.05) is 6.07 Å². The molecule has 1 saturated heterocycles. The van der Waals surface area contributed by atoms with Crippen molar-refractivity contribution in [2.75, 3.05) is 60.8 Å². The predicted molar refractivity (Wildman–Crippen MR) is 120 cm³/mol. The van der Waals surface area contributed by atoms with E-state index in [4.69, 9.17) is 23.7 Å². The molecule has 1 amide bonds. The Morgan fingerprint density at radius 1 is 0.906 bits per heavy atom. The quantitative estimate of drug-likeness (QED) is 0.525. The zero-order valence-corrected chi connectivity index (χ0v) is 19.1. The zero-order valence-electron chi connectivity index (χ0n) is 19.1. The van der Waals surface area contributed by atoms with Gasteiger partial charge in [-0.3, -0.25) is 4.79 Å². The van der Waals surface area contributed by atoms with Gasteiger partial charge >= 0.3 is 0 Å². The summed E-state index contributed by atoms with van der Waals surface area (Å²) in [7, 11) is 4.89. The third-order valence-corrected chi connectivity index (χ3v) is 5.41. The van der Waals surface area contributed by atoms with E-state index in [0.717, 1.165) is 36.6 Å². The first-order valence-electron chi connectivity index (χ1n) is 10.8. The number of hydrogen-bond acceptors (Lipinski definition) is 6. The highest BCUT2D eigenvalue weighted by Gasteiger charge is 2.18. The third kappa shape index (κ3) is 6.51. The van der Waals surface area contributed by atoms with Gasteiger partial charge in [0, 0.05) is 25.1 Å². The van der Waals surface area contributed by atoms with Crippen LogP contribution in [0.4, 0.5) is 0 Å². The highest BCUT2D eigenvalue weighted by Crippen LogP contribution is 2.28. The number of nitrogens with zero attached hydrogens (tertiary/aromatic N) is 1. The first-order valence-corrected chi connectivity index (χ1v) is 10.8. The summed E-state index contributed by atoms with van der Waals surface area (Å²) in [6.07, 6.45) is 0.919. The molecule has 0 unspecified atom stereocenters. The summed E-state index contributed by atoms with van der Waals surface area (Å²) >= 11 is 0. The number of methoxy groups -OCH3 is 3. The molecule has 2 aromatic carbocycles. The van der Waals surface area contributed by atoms with Crippen LogP contribution in [0.2, 0.25) is 0 Å². The van der Waals surface area contributed by atoms with Crippen molar-refractivity contribution in [2.24, 2.45) is 0 Å². The van der Waals surface area contributed by atoms with Crippen molar-refractivity contribution < 1.29 is 33.8 Å². The van der Waals surface area contributed by atoms with Crippen LogP contribution in [0.15, 0.2) is 36.4 Å². The fourth-order valence-electron chi connectivity index (χ4n) is 3.58. The summed E-state index contributed by atoms with van der Waals surface area (Å²) in [6, 6.07) is 11.8. The van der Waals surface area contributed by atoms with Gasteiger partial charge in [0.2, 0.25) is 0 Å². The van der Waals surface area contributed by atoms with Crippen molar-refractivity contribution in [3.8, 4) is 23.0 Å². The van der Waals surface area contributed by atoms with Crippen molar-refractivity contribution in [1.29, 1.82) is 0 Å². The van der Waals surface area contributed by atoms with Gasteiger partial charge in [0.1, 0.15) is 6.54 Å². The molecular formula is C24H33N2O6+. The first-order chi connectivity index (χ1) is 15.6. The average Bonchev–Trinajstić information content (AvgIpc) is 2.85. The van der Waals surface area contributed by atoms with Crippen LogP contribution in [0, 0.1) is 0 Å². The molecule has 1 aliphatic heterocycles. The van der Waals surface area contributed by atoms with Crippen LogP contribution in [0.5, 0.6) is 23.0 Å². The van der Waals surface area contributed by atoms with Gasteiger partial charge in [-0.25, -0.2) is 0 Å². The number of carbonyl (C=O) groups is 1. The molecule has 2 N–H and O–H groups in total. The fourth-order valence-corrected chi connectivity index (χ4v) is 3.58. The van der Waals surface area contributed by atoms with E-state index < -0.39 is 0 Å². The van der Waals surface area contributed by atoms with E-state index in [-0.39, 0.29) is 12.5 Å². The van der Waals surface area contributed by atoms with Gasteiger partial charge in [0.25, 0.3) is 5.91 Å². The normalized spacial score (nSPS) is 13.5. The van der Waals surface area contributed by atoms with Gasteiger partial charge in [0.15, 0.2) is 29.6 Å². The van der Waals surface area contributed by atoms with E-state index in [1.807, 2.05) is 30.3 Å². The van der Waals surface area contributed by atoms with Crippen LogP contribution in [-0.4, -0.2) is 71.6 Å². The van der Waals surface area contributed by atoms with Gasteiger partial charge in [-0.2, -0.15) is 0 Å². The average molecular weight is 446 g/mol. The summed E-state index contributed by atoms with van der Waals surface area (Å²) in [5.74, 6) is 2.65. The second kappa shape index (κ2) is 12.2. The monoisotopic (exact) mass is 445 g/mol. The largest absolute Gasteiger partial charge is 0.493 e. The van der Waals surface area contributed by atoms with Crippen LogP contribution in [0.3, 0.4) is 0 Å². The molecule has 1 fully saturated rings. The highest BCUT2D eigenvalue weighted by atomic mass is 16.5. The van der Waals surface area contributed by atoms with Crippen LogP contribution < -0.4 is 24.3 Å². The minimum atomic E-state index is -0.0390. The number of ether oxygens (including phenoxy) is 5. The number of benzene rings is 2. The predicted octanol–water partition coefficient (Wildman–Crippen LogP) is 1.26. The molecule has 3 rings (SSSR count). The summed E-state index contributed by atoms with van der Waals surface area (Å²) in [4.78, 5) is 14.1. The van der Waals surface area contributed by atoms with E-state index in [2.05, 4.69) is 11.4 Å². The molecule has 0 radical (unpaired) electrons. The Balaban J connectivity index is 1.47. The van der Waals surface area contributed by atoms with Crippen molar-refractivity contribution in [3.05, 3.63) is 47.5 Å². The van der Waals surface area contributed by atoms with Crippen molar-refractivity contribution in [1.82, 2.24) is 4.90 Å². The molecule has 0 bridgehead atoms. The number of quaternary nitrogens is 1. The Morgan fingerprint density at radius 2 is 1.53 bits per heavy atom. The van der Waals surface area contributed by atoms with Gasteiger partial charge in [-0.15, -0.1) is 0 Å². The molecular weight excluding hydrogens is 412 g/mol. The van der Waals surface area contributed by atoms with E-state index in [9.17, 15) is 4.79 Å². The summed E-state index contributed by atoms with van der Waals surface area (Å²) < 4.78 is 27.1. The Morgan fingerprint density at radius 3 is 2.25 bits per heavy atom. The molecule has 8 heteroatoms. The highest BCUT2D eigenvalue weighted by molar-refractivity contribution is 5.78. The molecule has 2 aromatic rings. The maximum atomic E-state index is 12.3. The zero-order chi connectivity index (χ0) is 22.8. The number of rotatable bonds is 11. The molecule has 0 atom stereocenters. The summed E-state index contributed by atoms with van der Waals surface area (Å²) in [5, 5.41) is 2.24. The minimum absolute atomic E-state index is 0.00679. The standard InChI is InChI=1S/C24H32N2O6/c1-28-20-6-4-18(14-22(20)29-2)8-9-25-16-19-5-7-21(23(15-19)30-3)32-17-24(27)26-10-12-31-13-11-26/h4-7,14-15,25H,8-13,16-17H2,1-3H3/p+1. The fraction of sp³-hybridized carbons (Fsp3) is 0.458. The molecule has 0 spiro atoms.